The summed E-state index contributed by atoms with van der Waals surface area (Å²) in [5.41, 5.74) is 3.96. The van der Waals surface area contributed by atoms with Crippen LogP contribution in [0.2, 0.25) is 5.02 Å². The Morgan fingerprint density at radius 1 is 1.58 bits per heavy atom. The monoisotopic (exact) mass is 185 g/mol. The molecular formula is C8H10ClN2O+. The van der Waals surface area contributed by atoms with Crippen LogP contribution in [0, 0.1) is 0 Å². The molecule has 0 aromatic heterocycles. The fourth-order valence-corrected chi connectivity index (χ4v) is 1.06. The van der Waals surface area contributed by atoms with Crippen molar-refractivity contribution in [3.63, 3.8) is 0 Å². The largest absolute Gasteiger partial charge is 0.295 e. The minimum atomic E-state index is 0.0168. The predicted molar refractivity (Wildman–Crippen MR) is 48.0 cm³/mol. The van der Waals surface area contributed by atoms with E-state index in [0.717, 1.165) is 0 Å². The summed E-state index contributed by atoms with van der Waals surface area (Å²) < 4.78 is 0. The number of anilines is 1. The standard InChI is InChI=1S/C8H9ClN2O/c1-5(12)6-2-3-7(9)8(4-6)11-10/h2-4,11H,10H2,1H3/p+1. The molecule has 0 aliphatic carbocycles. The van der Waals surface area contributed by atoms with Crippen LogP contribution < -0.4 is 11.3 Å². The zero-order valence-electron chi connectivity index (χ0n) is 6.73. The van der Waals surface area contributed by atoms with Crippen LogP contribution in [0.1, 0.15) is 17.3 Å². The normalized spacial score (nSPS) is 9.58. The average molecular weight is 186 g/mol. The zero-order chi connectivity index (χ0) is 9.14. The fourth-order valence-electron chi connectivity index (χ4n) is 0.880. The zero-order valence-corrected chi connectivity index (χ0v) is 7.48. The molecule has 4 N–H and O–H groups in total. The van der Waals surface area contributed by atoms with Gasteiger partial charge in [0.05, 0.1) is 5.02 Å². The van der Waals surface area contributed by atoms with Crippen LogP contribution in [-0.2, 0) is 0 Å². The van der Waals surface area contributed by atoms with Crippen LogP contribution in [0.3, 0.4) is 0 Å². The van der Waals surface area contributed by atoms with Gasteiger partial charge in [0.2, 0.25) is 0 Å². The molecule has 1 aromatic rings. The van der Waals surface area contributed by atoms with Gasteiger partial charge in [0.15, 0.2) is 5.78 Å². The number of rotatable bonds is 2. The SMILES string of the molecule is CC(=O)c1ccc(Cl)c(N[NH3+])c1. The van der Waals surface area contributed by atoms with E-state index in [2.05, 4.69) is 11.3 Å². The number of carbonyl (C=O) groups is 1. The Labute approximate surface area is 75.5 Å². The van der Waals surface area contributed by atoms with Crippen molar-refractivity contribution in [1.82, 2.24) is 0 Å². The summed E-state index contributed by atoms with van der Waals surface area (Å²) in [5, 5.41) is 0.565. The number of quaternary nitrogens is 1. The van der Waals surface area contributed by atoms with Gasteiger partial charge in [-0.05, 0) is 25.1 Å². The summed E-state index contributed by atoms with van der Waals surface area (Å²) >= 11 is 5.79. The number of hydrogen-bond acceptors (Lipinski definition) is 2. The summed E-state index contributed by atoms with van der Waals surface area (Å²) in [5.74, 6) is 3.49. The number of ketones is 1. The molecular weight excluding hydrogens is 176 g/mol. The van der Waals surface area contributed by atoms with E-state index in [1.165, 1.54) is 6.92 Å². The summed E-state index contributed by atoms with van der Waals surface area (Å²) in [6.45, 7) is 1.51. The van der Waals surface area contributed by atoms with Crippen molar-refractivity contribution >= 4 is 23.1 Å². The van der Waals surface area contributed by atoms with Crippen LogP contribution in [0.5, 0.6) is 0 Å². The Bertz CT molecular complexity index is 312. The maximum Gasteiger partial charge on any atom is 0.159 e. The number of carbonyl (C=O) groups excluding carboxylic acids is 1. The second kappa shape index (κ2) is 3.56. The van der Waals surface area contributed by atoms with Crippen LogP contribution in [-0.4, -0.2) is 5.78 Å². The summed E-state index contributed by atoms with van der Waals surface area (Å²) in [6, 6.07) is 5.04. The molecule has 0 aliphatic rings. The van der Waals surface area contributed by atoms with E-state index in [-0.39, 0.29) is 5.78 Å². The van der Waals surface area contributed by atoms with E-state index in [1.54, 1.807) is 18.2 Å². The number of Topliss-reactive ketones (excluding diaryl/α,β-unsaturated/α-hetero) is 1. The van der Waals surface area contributed by atoms with Crippen molar-refractivity contribution in [1.29, 1.82) is 0 Å². The molecule has 0 heterocycles. The second-order valence-corrected chi connectivity index (χ2v) is 2.83. The molecule has 3 nitrogen and oxygen atoms in total. The molecule has 1 rings (SSSR count). The minimum absolute atomic E-state index is 0.0168. The van der Waals surface area contributed by atoms with Gasteiger partial charge in [-0.1, -0.05) is 11.6 Å². The molecule has 0 saturated heterocycles. The van der Waals surface area contributed by atoms with Crippen molar-refractivity contribution in [3.05, 3.63) is 28.8 Å². The van der Waals surface area contributed by atoms with Gasteiger partial charge in [-0.15, -0.1) is 0 Å². The number of nitrogens with one attached hydrogen (secondary N) is 1. The third kappa shape index (κ3) is 1.75. The van der Waals surface area contributed by atoms with Gasteiger partial charge in [-0.2, -0.15) is 0 Å². The van der Waals surface area contributed by atoms with Crippen molar-refractivity contribution in [2.45, 2.75) is 6.92 Å². The molecule has 12 heavy (non-hydrogen) atoms. The smallest absolute Gasteiger partial charge is 0.159 e. The van der Waals surface area contributed by atoms with Crippen LogP contribution in [0.4, 0.5) is 5.69 Å². The van der Waals surface area contributed by atoms with Gasteiger partial charge in [-0.25, -0.2) is 5.43 Å². The molecule has 0 saturated carbocycles. The average Bonchev–Trinajstić information content (AvgIpc) is 2.05. The Kier molecular flexibility index (Phi) is 2.68. The summed E-state index contributed by atoms with van der Waals surface area (Å²) in [7, 11) is 0. The number of benzene rings is 1. The van der Waals surface area contributed by atoms with E-state index in [1.807, 2.05) is 0 Å². The Hall–Kier alpha value is -1.06. The Morgan fingerprint density at radius 3 is 2.75 bits per heavy atom. The molecule has 0 aliphatic heterocycles. The first-order valence-corrected chi connectivity index (χ1v) is 3.86. The van der Waals surface area contributed by atoms with E-state index < -0.39 is 0 Å². The predicted octanol–water partition coefficient (Wildman–Crippen LogP) is 1.11. The van der Waals surface area contributed by atoms with Gasteiger partial charge in [-0.3, -0.25) is 10.6 Å². The first-order valence-electron chi connectivity index (χ1n) is 3.48. The lowest BCUT2D eigenvalue weighted by Crippen LogP contribution is -2.56. The van der Waals surface area contributed by atoms with E-state index in [4.69, 9.17) is 11.6 Å². The molecule has 0 bridgehead atoms. The molecule has 64 valence electrons. The van der Waals surface area contributed by atoms with E-state index in [9.17, 15) is 4.79 Å². The van der Waals surface area contributed by atoms with Gasteiger partial charge in [0.25, 0.3) is 0 Å². The van der Waals surface area contributed by atoms with Gasteiger partial charge in [0.1, 0.15) is 5.69 Å². The lowest BCUT2D eigenvalue weighted by atomic mass is 10.1. The minimum Gasteiger partial charge on any atom is -0.295 e. The molecule has 0 atom stereocenters. The summed E-state index contributed by atoms with van der Waals surface area (Å²) in [4.78, 5) is 10.9. The van der Waals surface area contributed by atoms with Crippen molar-refractivity contribution < 1.29 is 10.6 Å². The second-order valence-electron chi connectivity index (χ2n) is 2.43. The van der Waals surface area contributed by atoms with Gasteiger partial charge >= 0.3 is 0 Å². The molecule has 1 aromatic carbocycles. The quantitative estimate of drug-likeness (QED) is 0.536. The lowest BCUT2D eigenvalue weighted by molar-refractivity contribution is -0.325. The van der Waals surface area contributed by atoms with E-state index in [0.29, 0.717) is 16.3 Å². The van der Waals surface area contributed by atoms with E-state index >= 15 is 0 Å². The first-order chi connectivity index (χ1) is 5.65. The maximum atomic E-state index is 10.9. The first kappa shape index (κ1) is 9.03. The Balaban J connectivity index is 3.13. The molecule has 4 heteroatoms. The fraction of sp³-hybridized carbons (Fsp3) is 0.125. The third-order valence-electron chi connectivity index (χ3n) is 1.56. The lowest BCUT2D eigenvalue weighted by Gasteiger charge is -2.01. The number of halogens is 1. The highest BCUT2D eigenvalue weighted by Gasteiger charge is 2.04. The highest BCUT2D eigenvalue weighted by molar-refractivity contribution is 6.33. The summed E-state index contributed by atoms with van der Waals surface area (Å²) in [6.07, 6.45) is 0. The highest BCUT2D eigenvalue weighted by atomic mass is 35.5. The van der Waals surface area contributed by atoms with Crippen molar-refractivity contribution in [2.24, 2.45) is 0 Å². The van der Waals surface area contributed by atoms with Crippen LogP contribution in [0.25, 0.3) is 0 Å². The van der Waals surface area contributed by atoms with Crippen LogP contribution in [0.15, 0.2) is 18.2 Å². The van der Waals surface area contributed by atoms with Crippen LogP contribution >= 0.6 is 11.6 Å². The Morgan fingerprint density at radius 2 is 2.25 bits per heavy atom. The third-order valence-corrected chi connectivity index (χ3v) is 1.89. The molecule has 0 spiro atoms. The number of hydrogen-bond donors (Lipinski definition) is 2. The van der Waals surface area contributed by atoms with Gasteiger partial charge in [0, 0.05) is 5.56 Å². The molecule has 0 radical (unpaired) electrons. The highest BCUT2D eigenvalue weighted by Crippen LogP contribution is 2.21. The van der Waals surface area contributed by atoms with Crippen molar-refractivity contribution in [3.8, 4) is 0 Å². The molecule has 0 unspecified atom stereocenters. The topological polar surface area (TPSA) is 56.7 Å². The molecule has 0 fully saturated rings. The van der Waals surface area contributed by atoms with Gasteiger partial charge < -0.3 is 0 Å². The maximum absolute atomic E-state index is 10.9. The molecule has 0 amide bonds. The van der Waals surface area contributed by atoms with Crippen molar-refractivity contribution in [2.75, 3.05) is 5.43 Å².